The highest BCUT2D eigenvalue weighted by atomic mass is 32.2. The van der Waals surface area contributed by atoms with Gasteiger partial charge in [0.1, 0.15) is 6.10 Å². The molecule has 160 valence electrons. The summed E-state index contributed by atoms with van der Waals surface area (Å²) in [4.78, 5) is 13.7. The van der Waals surface area contributed by atoms with Gasteiger partial charge in [-0.05, 0) is 37.1 Å². The van der Waals surface area contributed by atoms with Crippen LogP contribution in [0.25, 0.3) is 0 Å². The summed E-state index contributed by atoms with van der Waals surface area (Å²) in [6, 6.07) is 6.42. The van der Waals surface area contributed by atoms with Crippen LogP contribution in [0.3, 0.4) is 0 Å². The summed E-state index contributed by atoms with van der Waals surface area (Å²) in [6.45, 7) is 4.51. The Bertz CT molecular complexity index is 797. The second-order valence-corrected chi connectivity index (χ2v) is 9.89. The highest BCUT2D eigenvalue weighted by Crippen LogP contribution is 2.28. The van der Waals surface area contributed by atoms with Crippen molar-refractivity contribution in [2.45, 2.75) is 74.8 Å². The Morgan fingerprint density at radius 2 is 1.62 bits per heavy atom. The van der Waals surface area contributed by atoms with Crippen LogP contribution >= 0.6 is 0 Å². The molecule has 1 aliphatic heterocycles. The van der Waals surface area contributed by atoms with Gasteiger partial charge in [-0.3, -0.25) is 4.79 Å². The number of aliphatic hydroxyl groups excluding tert-OH is 1. The van der Waals surface area contributed by atoms with Crippen molar-refractivity contribution in [3.05, 3.63) is 36.9 Å². The van der Waals surface area contributed by atoms with Crippen LogP contribution in [-0.4, -0.2) is 49.0 Å². The standard InChI is InChI=1S/C22H32N2O4S/c1-2-16-24(19-9-7-5-3-4-6-8-10-19)29(27,28)20-13-11-18(12-14-20)23-17-15-21(25)22(23)26/h2,11-14,19,21,25H,1,3-10,15-17H2. The van der Waals surface area contributed by atoms with Gasteiger partial charge in [0, 0.05) is 31.2 Å². The Morgan fingerprint density at radius 1 is 1.03 bits per heavy atom. The summed E-state index contributed by atoms with van der Waals surface area (Å²) >= 11 is 0. The number of benzene rings is 1. The summed E-state index contributed by atoms with van der Waals surface area (Å²) in [5.41, 5.74) is 0.614. The number of nitrogens with zero attached hydrogens (tertiary/aromatic N) is 2. The molecule has 0 aromatic heterocycles. The number of amides is 1. The van der Waals surface area contributed by atoms with E-state index in [9.17, 15) is 18.3 Å². The van der Waals surface area contributed by atoms with Crippen molar-refractivity contribution in [3.63, 3.8) is 0 Å². The molecule has 1 atom stereocenters. The molecule has 1 saturated carbocycles. The van der Waals surface area contributed by atoms with E-state index in [4.69, 9.17) is 0 Å². The SMILES string of the molecule is C=CCN(C1CCCCCCCC1)S(=O)(=O)c1ccc(N2CCC(O)C2=O)cc1. The maximum Gasteiger partial charge on any atom is 0.255 e. The van der Waals surface area contributed by atoms with E-state index < -0.39 is 16.1 Å². The van der Waals surface area contributed by atoms with Gasteiger partial charge in [0.25, 0.3) is 5.91 Å². The van der Waals surface area contributed by atoms with Crippen LogP contribution < -0.4 is 4.90 Å². The van der Waals surface area contributed by atoms with E-state index in [1.165, 1.54) is 17.7 Å². The first-order valence-corrected chi connectivity index (χ1v) is 12.1. The molecule has 1 aromatic rings. The number of carbonyl (C=O) groups is 1. The van der Waals surface area contributed by atoms with E-state index in [2.05, 4.69) is 6.58 Å². The van der Waals surface area contributed by atoms with Crippen molar-refractivity contribution >= 4 is 21.6 Å². The van der Waals surface area contributed by atoms with Gasteiger partial charge in [0.15, 0.2) is 0 Å². The summed E-state index contributed by atoms with van der Waals surface area (Å²) in [7, 11) is -3.66. The van der Waals surface area contributed by atoms with Gasteiger partial charge >= 0.3 is 0 Å². The van der Waals surface area contributed by atoms with Gasteiger partial charge in [-0.1, -0.05) is 44.6 Å². The number of anilines is 1. The van der Waals surface area contributed by atoms with Gasteiger partial charge < -0.3 is 10.0 Å². The molecular weight excluding hydrogens is 388 g/mol. The Morgan fingerprint density at radius 3 is 2.14 bits per heavy atom. The van der Waals surface area contributed by atoms with E-state index in [1.807, 2.05) is 0 Å². The van der Waals surface area contributed by atoms with Crippen LogP contribution in [0.15, 0.2) is 41.8 Å². The predicted molar refractivity (Wildman–Crippen MR) is 114 cm³/mol. The highest BCUT2D eigenvalue weighted by Gasteiger charge is 2.33. The number of hydrogen-bond donors (Lipinski definition) is 1. The van der Waals surface area contributed by atoms with Crippen LogP contribution in [0.2, 0.25) is 0 Å². The van der Waals surface area contributed by atoms with E-state index in [0.717, 1.165) is 38.5 Å². The maximum atomic E-state index is 13.4. The number of carbonyl (C=O) groups excluding carboxylic acids is 1. The molecule has 3 rings (SSSR count). The minimum atomic E-state index is -3.66. The lowest BCUT2D eigenvalue weighted by Gasteiger charge is -2.30. The lowest BCUT2D eigenvalue weighted by atomic mass is 10.1. The first-order valence-electron chi connectivity index (χ1n) is 10.7. The number of rotatable bonds is 6. The predicted octanol–water partition coefficient (Wildman–Crippen LogP) is 3.46. The molecule has 0 bridgehead atoms. The van der Waals surface area contributed by atoms with E-state index in [0.29, 0.717) is 25.2 Å². The first-order chi connectivity index (χ1) is 13.9. The minimum Gasteiger partial charge on any atom is -0.383 e. The third-order valence-corrected chi connectivity index (χ3v) is 7.91. The molecule has 1 unspecified atom stereocenters. The van der Waals surface area contributed by atoms with Crippen molar-refractivity contribution in [2.24, 2.45) is 0 Å². The summed E-state index contributed by atoms with van der Waals surface area (Å²) in [5.74, 6) is -0.334. The Kier molecular flexibility index (Phi) is 7.49. The molecular formula is C22H32N2O4S. The molecule has 0 radical (unpaired) electrons. The van der Waals surface area contributed by atoms with Gasteiger partial charge in [-0.15, -0.1) is 6.58 Å². The number of aliphatic hydroxyl groups is 1. The van der Waals surface area contributed by atoms with Crippen LogP contribution in [-0.2, 0) is 14.8 Å². The van der Waals surface area contributed by atoms with E-state index in [1.54, 1.807) is 34.6 Å². The lowest BCUT2D eigenvalue weighted by molar-refractivity contribution is -0.123. The monoisotopic (exact) mass is 420 g/mol. The average Bonchev–Trinajstić information content (AvgIpc) is 3.11. The summed E-state index contributed by atoms with van der Waals surface area (Å²) in [5, 5.41) is 9.65. The topological polar surface area (TPSA) is 77.9 Å². The van der Waals surface area contributed by atoms with Gasteiger partial charge in [0.05, 0.1) is 4.90 Å². The van der Waals surface area contributed by atoms with Crippen LogP contribution in [0.4, 0.5) is 5.69 Å². The zero-order chi connectivity index (χ0) is 20.9. The molecule has 1 saturated heterocycles. The van der Waals surface area contributed by atoms with Crippen molar-refractivity contribution in [2.75, 3.05) is 18.0 Å². The van der Waals surface area contributed by atoms with Crippen molar-refractivity contribution in [1.82, 2.24) is 4.31 Å². The molecule has 1 amide bonds. The molecule has 2 aliphatic rings. The quantitative estimate of drug-likeness (QED) is 0.715. The Balaban J connectivity index is 1.82. The largest absolute Gasteiger partial charge is 0.383 e. The van der Waals surface area contributed by atoms with Crippen molar-refractivity contribution < 1.29 is 18.3 Å². The smallest absolute Gasteiger partial charge is 0.255 e. The molecule has 2 fully saturated rings. The second-order valence-electron chi connectivity index (χ2n) is 8.00. The van der Waals surface area contributed by atoms with Crippen LogP contribution in [0, 0.1) is 0 Å². The van der Waals surface area contributed by atoms with Crippen LogP contribution in [0.5, 0.6) is 0 Å². The zero-order valence-electron chi connectivity index (χ0n) is 17.0. The normalized spacial score (nSPS) is 22.3. The van der Waals surface area contributed by atoms with Gasteiger partial charge in [-0.2, -0.15) is 4.31 Å². The fourth-order valence-corrected chi connectivity index (χ4v) is 5.98. The molecule has 1 heterocycles. The van der Waals surface area contributed by atoms with Gasteiger partial charge in [-0.25, -0.2) is 8.42 Å². The van der Waals surface area contributed by atoms with Crippen LogP contribution in [0.1, 0.15) is 57.8 Å². The molecule has 1 aromatic carbocycles. The molecule has 0 spiro atoms. The molecule has 1 N–H and O–H groups in total. The zero-order valence-corrected chi connectivity index (χ0v) is 17.8. The fourth-order valence-electron chi connectivity index (χ4n) is 4.32. The maximum absolute atomic E-state index is 13.4. The average molecular weight is 421 g/mol. The summed E-state index contributed by atoms with van der Waals surface area (Å²) in [6.07, 6.45) is 9.71. The van der Waals surface area contributed by atoms with E-state index in [-0.39, 0.29) is 16.8 Å². The number of hydrogen-bond acceptors (Lipinski definition) is 4. The first kappa shape index (κ1) is 22.0. The van der Waals surface area contributed by atoms with Crippen molar-refractivity contribution in [3.8, 4) is 0 Å². The molecule has 29 heavy (non-hydrogen) atoms. The van der Waals surface area contributed by atoms with Gasteiger partial charge in [0.2, 0.25) is 10.0 Å². The molecule has 1 aliphatic carbocycles. The third kappa shape index (κ3) is 5.08. The molecule has 7 heteroatoms. The van der Waals surface area contributed by atoms with E-state index >= 15 is 0 Å². The lowest BCUT2D eigenvalue weighted by Crippen LogP contribution is -2.40. The highest BCUT2D eigenvalue weighted by molar-refractivity contribution is 7.89. The Hall–Kier alpha value is -1.70. The second kappa shape index (κ2) is 9.87. The Labute approximate surface area is 174 Å². The number of sulfonamides is 1. The van der Waals surface area contributed by atoms with Crippen molar-refractivity contribution in [1.29, 1.82) is 0 Å². The minimum absolute atomic E-state index is 0.00826. The third-order valence-electron chi connectivity index (χ3n) is 5.97. The fraction of sp³-hybridized carbons (Fsp3) is 0.591. The molecule has 6 nitrogen and oxygen atoms in total. The summed E-state index contributed by atoms with van der Waals surface area (Å²) < 4.78 is 28.4.